The molecule has 0 spiro atoms. The highest BCUT2D eigenvalue weighted by molar-refractivity contribution is 5.94. The molecule has 0 N–H and O–H groups in total. The smallest absolute Gasteiger partial charge is 0.308 e. The maximum absolute atomic E-state index is 12.0. The number of hydrogen-bond donors (Lipinski definition) is 0. The zero-order valence-corrected chi connectivity index (χ0v) is 11.5. The van der Waals surface area contributed by atoms with Gasteiger partial charge in [0.2, 0.25) is 0 Å². The van der Waals surface area contributed by atoms with E-state index < -0.39 is 0 Å². The Balaban J connectivity index is 1.90. The molecule has 1 heterocycles. The van der Waals surface area contributed by atoms with Crippen molar-refractivity contribution in [3.8, 4) is 11.8 Å². The van der Waals surface area contributed by atoms with Crippen molar-refractivity contribution in [2.75, 3.05) is 20.2 Å². The van der Waals surface area contributed by atoms with Gasteiger partial charge < -0.3 is 9.64 Å². The van der Waals surface area contributed by atoms with Gasteiger partial charge in [0.1, 0.15) is 0 Å². The van der Waals surface area contributed by atoms with Crippen LogP contribution in [-0.4, -0.2) is 37.0 Å². The van der Waals surface area contributed by atoms with Crippen LogP contribution in [-0.2, 0) is 14.3 Å². The molecule has 1 aromatic carbocycles. The first-order chi connectivity index (χ1) is 9.70. The summed E-state index contributed by atoms with van der Waals surface area (Å²) in [5.41, 5.74) is 0.824. The van der Waals surface area contributed by atoms with Gasteiger partial charge in [-0.2, -0.15) is 0 Å². The number of piperidine rings is 1. The van der Waals surface area contributed by atoms with Crippen molar-refractivity contribution in [3.05, 3.63) is 35.9 Å². The molecule has 1 fully saturated rings. The lowest BCUT2D eigenvalue weighted by molar-refractivity contribution is -0.148. The van der Waals surface area contributed by atoms with Crippen molar-refractivity contribution in [2.45, 2.75) is 12.8 Å². The van der Waals surface area contributed by atoms with E-state index in [1.165, 1.54) is 7.11 Å². The second-order valence-corrected chi connectivity index (χ2v) is 4.71. The molecular weight excluding hydrogens is 254 g/mol. The number of nitrogens with zero attached hydrogens (tertiary/aromatic N) is 1. The maximum Gasteiger partial charge on any atom is 0.308 e. The van der Waals surface area contributed by atoms with Crippen LogP contribution in [0.3, 0.4) is 0 Å². The van der Waals surface area contributed by atoms with Gasteiger partial charge in [-0.25, -0.2) is 0 Å². The second kappa shape index (κ2) is 6.76. The largest absolute Gasteiger partial charge is 0.469 e. The highest BCUT2D eigenvalue weighted by Crippen LogP contribution is 2.18. The van der Waals surface area contributed by atoms with Gasteiger partial charge in [0.15, 0.2) is 0 Å². The minimum Gasteiger partial charge on any atom is -0.469 e. The van der Waals surface area contributed by atoms with Gasteiger partial charge in [-0.15, -0.1) is 0 Å². The summed E-state index contributed by atoms with van der Waals surface area (Å²) < 4.78 is 4.72. The quantitative estimate of drug-likeness (QED) is 0.574. The van der Waals surface area contributed by atoms with E-state index in [1.807, 2.05) is 30.3 Å². The van der Waals surface area contributed by atoms with Gasteiger partial charge in [-0.1, -0.05) is 24.1 Å². The van der Waals surface area contributed by atoms with Crippen LogP contribution in [0.1, 0.15) is 18.4 Å². The molecule has 0 saturated carbocycles. The number of carbonyl (C=O) groups is 2. The summed E-state index contributed by atoms with van der Waals surface area (Å²) in [6.07, 6.45) is 1.29. The van der Waals surface area contributed by atoms with Crippen molar-refractivity contribution in [1.82, 2.24) is 4.90 Å². The molecule has 0 aliphatic carbocycles. The number of esters is 1. The Morgan fingerprint density at radius 1 is 1.20 bits per heavy atom. The van der Waals surface area contributed by atoms with Gasteiger partial charge in [-0.05, 0) is 25.0 Å². The predicted octanol–water partition coefficient (Wildman–Crippen LogP) is 1.45. The van der Waals surface area contributed by atoms with Crippen molar-refractivity contribution in [3.63, 3.8) is 0 Å². The first-order valence-corrected chi connectivity index (χ1v) is 6.64. The maximum atomic E-state index is 12.0. The molecule has 0 atom stereocenters. The van der Waals surface area contributed by atoms with E-state index in [9.17, 15) is 9.59 Å². The number of amides is 1. The third-order valence-corrected chi connectivity index (χ3v) is 3.40. The molecule has 4 heteroatoms. The highest BCUT2D eigenvalue weighted by Gasteiger charge is 2.27. The molecule has 104 valence electrons. The van der Waals surface area contributed by atoms with E-state index in [4.69, 9.17) is 4.74 Å². The molecule has 1 amide bonds. The Bertz CT molecular complexity index is 534. The Morgan fingerprint density at radius 3 is 2.45 bits per heavy atom. The fourth-order valence-electron chi connectivity index (χ4n) is 2.21. The molecule has 2 rings (SSSR count). The zero-order valence-electron chi connectivity index (χ0n) is 11.5. The topological polar surface area (TPSA) is 46.6 Å². The Hall–Kier alpha value is -2.28. The molecule has 0 radical (unpaired) electrons. The molecular formula is C16H17NO3. The third-order valence-electron chi connectivity index (χ3n) is 3.40. The molecule has 20 heavy (non-hydrogen) atoms. The first-order valence-electron chi connectivity index (χ1n) is 6.64. The summed E-state index contributed by atoms with van der Waals surface area (Å²) in [7, 11) is 1.39. The number of rotatable bonds is 1. The summed E-state index contributed by atoms with van der Waals surface area (Å²) >= 11 is 0. The van der Waals surface area contributed by atoms with Crippen LogP contribution in [0.5, 0.6) is 0 Å². The summed E-state index contributed by atoms with van der Waals surface area (Å²) in [5, 5.41) is 0. The van der Waals surface area contributed by atoms with E-state index >= 15 is 0 Å². The van der Waals surface area contributed by atoms with Gasteiger partial charge in [0.25, 0.3) is 5.91 Å². The highest BCUT2D eigenvalue weighted by atomic mass is 16.5. The Labute approximate surface area is 118 Å². The number of methoxy groups -OCH3 is 1. The Kier molecular flexibility index (Phi) is 4.78. The minimum absolute atomic E-state index is 0.0915. The van der Waals surface area contributed by atoms with Crippen LogP contribution >= 0.6 is 0 Å². The zero-order chi connectivity index (χ0) is 14.4. The van der Waals surface area contributed by atoms with Crippen LogP contribution in [0.4, 0.5) is 0 Å². The van der Waals surface area contributed by atoms with Crippen molar-refractivity contribution in [1.29, 1.82) is 0 Å². The predicted molar refractivity (Wildman–Crippen MR) is 74.6 cm³/mol. The fourth-order valence-corrected chi connectivity index (χ4v) is 2.21. The van der Waals surface area contributed by atoms with E-state index in [1.54, 1.807) is 4.90 Å². The summed E-state index contributed by atoms with van der Waals surface area (Å²) in [6, 6.07) is 9.41. The average molecular weight is 271 g/mol. The lowest BCUT2D eigenvalue weighted by Gasteiger charge is -2.29. The lowest BCUT2D eigenvalue weighted by atomic mass is 9.97. The van der Waals surface area contributed by atoms with Crippen LogP contribution in [0.15, 0.2) is 30.3 Å². The van der Waals surface area contributed by atoms with Crippen LogP contribution in [0.25, 0.3) is 0 Å². The SMILES string of the molecule is COC(=O)C1CCN(C(=O)C#Cc2ccccc2)CC1. The fraction of sp³-hybridized carbons (Fsp3) is 0.375. The van der Waals surface area contributed by atoms with Crippen molar-refractivity contribution < 1.29 is 14.3 Å². The van der Waals surface area contributed by atoms with E-state index in [-0.39, 0.29) is 17.8 Å². The van der Waals surface area contributed by atoms with E-state index in [0.29, 0.717) is 25.9 Å². The second-order valence-electron chi connectivity index (χ2n) is 4.71. The summed E-state index contributed by atoms with van der Waals surface area (Å²) in [4.78, 5) is 25.0. The summed E-state index contributed by atoms with van der Waals surface area (Å²) in [5.74, 6) is 5.04. The molecule has 4 nitrogen and oxygen atoms in total. The summed E-state index contributed by atoms with van der Waals surface area (Å²) in [6.45, 7) is 1.12. The number of ether oxygens (including phenoxy) is 1. The van der Waals surface area contributed by atoms with Crippen molar-refractivity contribution >= 4 is 11.9 Å². The van der Waals surface area contributed by atoms with Crippen LogP contribution in [0.2, 0.25) is 0 Å². The lowest BCUT2D eigenvalue weighted by Crippen LogP contribution is -2.39. The van der Waals surface area contributed by atoms with Gasteiger partial charge in [0, 0.05) is 24.6 Å². The first kappa shape index (κ1) is 14.1. The standard InChI is InChI=1S/C16H17NO3/c1-20-16(19)14-9-11-17(12-10-14)15(18)8-7-13-5-3-2-4-6-13/h2-6,14H,9-12H2,1H3. The molecule has 1 aliphatic rings. The third kappa shape index (κ3) is 3.61. The van der Waals surface area contributed by atoms with Crippen LogP contribution in [0, 0.1) is 17.8 Å². The van der Waals surface area contributed by atoms with Crippen molar-refractivity contribution in [2.24, 2.45) is 5.92 Å². The molecule has 0 bridgehead atoms. The van der Waals surface area contributed by atoms with Gasteiger partial charge in [0.05, 0.1) is 13.0 Å². The Morgan fingerprint density at radius 2 is 1.85 bits per heavy atom. The number of benzene rings is 1. The normalized spacial score (nSPS) is 15.2. The minimum atomic E-state index is -0.188. The molecule has 0 aromatic heterocycles. The monoisotopic (exact) mass is 271 g/mol. The van der Waals surface area contributed by atoms with E-state index in [0.717, 1.165) is 5.56 Å². The molecule has 1 aliphatic heterocycles. The van der Waals surface area contributed by atoms with E-state index in [2.05, 4.69) is 11.8 Å². The number of likely N-dealkylation sites (tertiary alicyclic amines) is 1. The van der Waals surface area contributed by atoms with Gasteiger partial charge >= 0.3 is 5.97 Å². The molecule has 0 unspecified atom stereocenters. The average Bonchev–Trinajstić information content (AvgIpc) is 2.53. The van der Waals surface area contributed by atoms with Gasteiger partial charge in [-0.3, -0.25) is 9.59 Å². The number of carbonyl (C=O) groups excluding carboxylic acids is 2. The molecule has 1 saturated heterocycles. The number of hydrogen-bond acceptors (Lipinski definition) is 3. The van der Waals surface area contributed by atoms with Crippen LogP contribution < -0.4 is 0 Å². The molecule has 1 aromatic rings.